The van der Waals surface area contributed by atoms with Gasteiger partial charge in [0.1, 0.15) is 12.0 Å². The molecule has 1 aromatic carbocycles. The summed E-state index contributed by atoms with van der Waals surface area (Å²) in [6, 6.07) is 3.39. The smallest absolute Gasteiger partial charge is 0.418 e. The second kappa shape index (κ2) is 6.53. The van der Waals surface area contributed by atoms with Crippen molar-refractivity contribution in [2.24, 2.45) is 0 Å². The van der Waals surface area contributed by atoms with Gasteiger partial charge in [-0.3, -0.25) is 4.79 Å². The summed E-state index contributed by atoms with van der Waals surface area (Å²) in [6.45, 7) is -0.0725. The van der Waals surface area contributed by atoms with E-state index in [2.05, 4.69) is 15.3 Å². The molecule has 0 aliphatic heterocycles. The van der Waals surface area contributed by atoms with Gasteiger partial charge in [-0.2, -0.15) is 18.2 Å². The van der Waals surface area contributed by atoms with E-state index in [0.717, 1.165) is 17.4 Å². The van der Waals surface area contributed by atoms with Crippen LogP contribution >= 0.6 is 11.3 Å². The quantitative estimate of drug-likeness (QED) is 0.462. The maximum Gasteiger partial charge on any atom is 0.418 e. The number of nitrogens with zero attached hydrogens (tertiary/aromatic N) is 1. The van der Waals surface area contributed by atoms with Crippen molar-refractivity contribution >= 4 is 44.2 Å². The molecule has 0 saturated heterocycles. The number of hydrogen-bond acceptors (Lipinski definition) is 7. The Kier molecular flexibility index (Phi) is 4.27. The maximum absolute atomic E-state index is 13.4. The van der Waals surface area contributed by atoms with Crippen LogP contribution in [0.2, 0.25) is 0 Å². The number of aromatic amines is 1. The molecule has 4 aromatic rings. The number of pyridine rings is 1. The zero-order valence-electron chi connectivity index (χ0n) is 14.2. The summed E-state index contributed by atoms with van der Waals surface area (Å²) in [4.78, 5) is 19.5. The standard InChI is InChI=1S/C17H12F3N3O4S/c1-26-5-9-13-11(15(27-9)23-16-21-10(24)6-28-16)14(25)7-3-2-4-8(12(7)22-13)17(18,19)20/h2-4,6,22,24H,5H2,1H3,(H,21,23). The SMILES string of the molecule is COCc1oc(Nc2nc(O)cs2)c2c(=O)c3cccc(C(F)(F)F)c3[nH]c12. The molecule has 0 spiro atoms. The number of rotatable bonds is 4. The predicted octanol–water partition coefficient (Wildman–Crippen LogP) is 4.35. The summed E-state index contributed by atoms with van der Waals surface area (Å²) in [6.07, 6.45) is -4.64. The van der Waals surface area contributed by atoms with E-state index in [1.54, 1.807) is 0 Å². The number of thiazole rings is 1. The number of H-pyrrole nitrogens is 1. The van der Waals surface area contributed by atoms with Gasteiger partial charge in [-0.1, -0.05) is 6.07 Å². The minimum Gasteiger partial charge on any atom is -0.493 e. The Morgan fingerprint density at radius 2 is 2.14 bits per heavy atom. The molecule has 3 heterocycles. The minimum absolute atomic E-state index is 0.00281. The molecule has 0 bridgehead atoms. The Labute approximate surface area is 158 Å². The summed E-state index contributed by atoms with van der Waals surface area (Å²) in [5.74, 6) is -0.0663. The lowest BCUT2D eigenvalue weighted by Crippen LogP contribution is -2.11. The molecular weight excluding hydrogens is 399 g/mol. The summed E-state index contributed by atoms with van der Waals surface area (Å²) >= 11 is 1.07. The van der Waals surface area contributed by atoms with Gasteiger partial charge in [0, 0.05) is 12.5 Å². The van der Waals surface area contributed by atoms with Gasteiger partial charge in [0.2, 0.25) is 17.2 Å². The molecule has 0 amide bonds. The number of aromatic hydroxyl groups is 1. The van der Waals surface area contributed by atoms with Crippen molar-refractivity contribution in [1.82, 2.24) is 9.97 Å². The van der Waals surface area contributed by atoms with Crippen LogP contribution in [0, 0.1) is 0 Å². The molecule has 0 fully saturated rings. The number of ether oxygens (including phenoxy) is 1. The summed E-state index contributed by atoms with van der Waals surface area (Å²) in [7, 11) is 1.39. The van der Waals surface area contributed by atoms with Crippen LogP contribution in [-0.4, -0.2) is 22.2 Å². The molecule has 0 aliphatic rings. The summed E-state index contributed by atoms with van der Waals surface area (Å²) in [5, 5.41) is 13.7. The van der Waals surface area contributed by atoms with Crippen molar-refractivity contribution in [3.8, 4) is 5.88 Å². The number of para-hydroxylation sites is 1. The van der Waals surface area contributed by atoms with E-state index < -0.39 is 17.2 Å². The number of halogens is 3. The van der Waals surface area contributed by atoms with Crippen molar-refractivity contribution in [3.63, 3.8) is 0 Å². The van der Waals surface area contributed by atoms with Crippen LogP contribution in [0.15, 0.2) is 32.8 Å². The number of aromatic nitrogens is 2. The Morgan fingerprint density at radius 1 is 1.36 bits per heavy atom. The lowest BCUT2D eigenvalue weighted by Gasteiger charge is -2.10. The van der Waals surface area contributed by atoms with Gasteiger partial charge in [0.25, 0.3) is 0 Å². The normalized spacial score (nSPS) is 12.1. The molecule has 0 unspecified atom stereocenters. The molecule has 11 heteroatoms. The highest BCUT2D eigenvalue weighted by Crippen LogP contribution is 2.37. The van der Waals surface area contributed by atoms with E-state index in [1.165, 1.54) is 24.6 Å². The van der Waals surface area contributed by atoms with E-state index in [0.29, 0.717) is 0 Å². The van der Waals surface area contributed by atoms with Crippen molar-refractivity contribution in [1.29, 1.82) is 0 Å². The van der Waals surface area contributed by atoms with Gasteiger partial charge in [-0.25, -0.2) is 0 Å². The van der Waals surface area contributed by atoms with Gasteiger partial charge < -0.3 is 24.6 Å². The van der Waals surface area contributed by atoms with E-state index in [1.807, 2.05) is 0 Å². The number of methoxy groups -OCH3 is 1. The molecule has 146 valence electrons. The first-order valence-corrected chi connectivity index (χ1v) is 8.75. The topological polar surface area (TPSA) is 100 Å². The first-order valence-electron chi connectivity index (χ1n) is 7.87. The van der Waals surface area contributed by atoms with E-state index in [4.69, 9.17) is 9.15 Å². The fourth-order valence-electron chi connectivity index (χ4n) is 2.94. The third-order valence-corrected chi connectivity index (χ3v) is 4.81. The highest BCUT2D eigenvalue weighted by molar-refractivity contribution is 7.14. The van der Waals surface area contributed by atoms with Crippen LogP contribution in [-0.2, 0) is 17.5 Å². The van der Waals surface area contributed by atoms with Gasteiger partial charge in [-0.05, 0) is 12.1 Å². The van der Waals surface area contributed by atoms with Crippen LogP contribution in [0.1, 0.15) is 11.3 Å². The number of nitrogens with one attached hydrogen (secondary N) is 2. The van der Waals surface area contributed by atoms with Gasteiger partial charge in [0.15, 0.2) is 10.9 Å². The summed E-state index contributed by atoms with van der Waals surface area (Å²) in [5.41, 5.74) is -1.82. The highest BCUT2D eigenvalue weighted by Gasteiger charge is 2.34. The number of benzene rings is 1. The van der Waals surface area contributed by atoms with Gasteiger partial charge in [0.05, 0.1) is 22.0 Å². The van der Waals surface area contributed by atoms with Gasteiger partial charge in [-0.15, -0.1) is 11.3 Å². The van der Waals surface area contributed by atoms with Gasteiger partial charge >= 0.3 is 6.18 Å². The largest absolute Gasteiger partial charge is 0.493 e. The third kappa shape index (κ3) is 2.98. The Balaban J connectivity index is 2.03. The first kappa shape index (κ1) is 18.3. The first-order chi connectivity index (χ1) is 13.3. The molecule has 0 saturated carbocycles. The van der Waals surface area contributed by atoms with Crippen LogP contribution < -0.4 is 10.7 Å². The number of alkyl halides is 3. The molecule has 3 N–H and O–H groups in total. The number of anilines is 2. The van der Waals surface area contributed by atoms with E-state index in [9.17, 15) is 23.1 Å². The molecule has 7 nitrogen and oxygen atoms in total. The zero-order chi connectivity index (χ0) is 20.1. The average molecular weight is 411 g/mol. The lowest BCUT2D eigenvalue weighted by molar-refractivity contribution is -0.136. The Hall–Kier alpha value is -3.05. The second-order valence-electron chi connectivity index (χ2n) is 5.85. The van der Waals surface area contributed by atoms with Crippen LogP contribution in [0.3, 0.4) is 0 Å². The molecule has 28 heavy (non-hydrogen) atoms. The molecule has 3 aromatic heterocycles. The highest BCUT2D eigenvalue weighted by atomic mass is 32.1. The molecule has 0 atom stereocenters. The van der Waals surface area contributed by atoms with Crippen molar-refractivity contribution in [2.45, 2.75) is 12.8 Å². The second-order valence-corrected chi connectivity index (χ2v) is 6.71. The predicted molar refractivity (Wildman–Crippen MR) is 97.1 cm³/mol. The fraction of sp³-hybridized carbons (Fsp3) is 0.176. The van der Waals surface area contributed by atoms with Crippen LogP contribution in [0.5, 0.6) is 5.88 Å². The molecule has 4 rings (SSSR count). The maximum atomic E-state index is 13.4. The fourth-order valence-corrected chi connectivity index (χ4v) is 3.51. The van der Waals surface area contributed by atoms with Crippen molar-refractivity contribution < 1.29 is 27.4 Å². The lowest BCUT2D eigenvalue weighted by atomic mass is 10.1. The van der Waals surface area contributed by atoms with Crippen molar-refractivity contribution in [2.75, 3.05) is 12.4 Å². The molecule has 0 radical (unpaired) electrons. The van der Waals surface area contributed by atoms with Crippen LogP contribution in [0.25, 0.3) is 21.8 Å². The Bertz CT molecular complexity index is 1240. The number of furan rings is 1. The third-order valence-electron chi connectivity index (χ3n) is 4.06. The number of fused-ring (bicyclic) bond motifs is 2. The van der Waals surface area contributed by atoms with Crippen molar-refractivity contribution in [3.05, 3.63) is 45.1 Å². The number of hydrogen-bond donors (Lipinski definition) is 3. The minimum atomic E-state index is -4.64. The average Bonchev–Trinajstić information content (AvgIpc) is 3.18. The molecule has 0 aliphatic carbocycles. The van der Waals surface area contributed by atoms with E-state index in [-0.39, 0.29) is 51.1 Å². The van der Waals surface area contributed by atoms with Crippen LogP contribution in [0.4, 0.5) is 24.2 Å². The van der Waals surface area contributed by atoms with E-state index >= 15 is 0 Å². The Morgan fingerprint density at radius 3 is 2.79 bits per heavy atom. The monoisotopic (exact) mass is 411 g/mol. The molecular formula is C17H12F3N3O4S. The summed E-state index contributed by atoms with van der Waals surface area (Å²) < 4.78 is 50.8. The zero-order valence-corrected chi connectivity index (χ0v) is 15.0.